The van der Waals surface area contributed by atoms with Gasteiger partial charge in [-0.15, -0.1) is 24.8 Å². The van der Waals surface area contributed by atoms with Gasteiger partial charge in [0.25, 0.3) is 11.8 Å². The van der Waals surface area contributed by atoms with Crippen molar-refractivity contribution < 1.29 is 22.8 Å². The lowest BCUT2D eigenvalue weighted by Gasteiger charge is -2.14. The summed E-state index contributed by atoms with van der Waals surface area (Å²) in [4.78, 5) is 26.8. The Hall–Kier alpha value is -2.53. The number of amides is 2. The van der Waals surface area contributed by atoms with E-state index >= 15 is 0 Å². The molecule has 182 valence electrons. The molecule has 0 unspecified atom stereocenters. The first kappa shape index (κ1) is 30.5. The monoisotopic (exact) mass is 527 g/mol. The van der Waals surface area contributed by atoms with Crippen LogP contribution in [0.25, 0.3) is 11.1 Å². The van der Waals surface area contributed by atoms with E-state index in [0.717, 1.165) is 18.2 Å². The van der Waals surface area contributed by atoms with Crippen LogP contribution in [0.5, 0.6) is 0 Å². The van der Waals surface area contributed by atoms with Crippen molar-refractivity contribution in [3.8, 4) is 11.1 Å². The van der Waals surface area contributed by atoms with Crippen molar-refractivity contribution in [3.05, 3.63) is 58.1 Å². The first-order valence-electron chi connectivity index (χ1n) is 8.99. The summed E-state index contributed by atoms with van der Waals surface area (Å²) < 4.78 is 39.5. The van der Waals surface area contributed by atoms with Crippen LogP contribution in [-0.4, -0.2) is 49.9 Å². The number of hydrogen-bond acceptors (Lipinski definition) is 4. The molecule has 13 heteroatoms. The highest BCUT2D eigenvalue weighted by Crippen LogP contribution is 2.36. The van der Waals surface area contributed by atoms with Crippen LogP contribution in [0.1, 0.15) is 26.3 Å². The summed E-state index contributed by atoms with van der Waals surface area (Å²) in [7, 11) is 3.65. The minimum Gasteiger partial charge on any atom is -0.370 e. The van der Waals surface area contributed by atoms with Gasteiger partial charge in [0.2, 0.25) is 0 Å². The van der Waals surface area contributed by atoms with Crippen molar-refractivity contribution in [2.45, 2.75) is 6.18 Å². The molecule has 0 spiro atoms. The Morgan fingerprint density at radius 3 is 2.15 bits per heavy atom. The minimum absolute atomic E-state index is 0. The molecule has 7 nitrogen and oxygen atoms in total. The number of nitrogens with two attached hydrogens (primary N) is 1. The maximum Gasteiger partial charge on any atom is 0.416 e. The molecule has 0 bridgehead atoms. The summed E-state index contributed by atoms with van der Waals surface area (Å²) in [5, 5.41) is 12.0. The third-order valence-corrected chi connectivity index (χ3v) is 4.48. The van der Waals surface area contributed by atoms with Gasteiger partial charge in [-0.25, -0.2) is 0 Å². The molecule has 33 heavy (non-hydrogen) atoms. The molecule has 2 aromatic rings. The highest BCUT2D eigenvalue weighted by atomic mass is 35.5. The van der Waals surface area contributed by atoms with Gasteiger partial charge in [0.05, 0.1) is 5.56 Å². The average Bonchev–Trinajstić information content (AvgIpc) is 2.66. The Labute approximate surface area is 206 Å². The van der Waals surface area contributed by atoms with Crippen molar-refractivity contribution in [2.75, 3.05) is 27.2 Å². The molecule has 0 aromatic heterocycles. The van der Waals surface area contributed by atoms with Gasteiger partial charge in [-0.1, -0.05) is 11.6 Å². The SMILES string of the molecule is CN(C)CCNC(=O)c1cc(C(=O)NC(=N)N)cc(-c2cc(C(F)(F)F)ccc2Cl)c1.Cl.Cl. The molecule has 0 fully saturated rings. The topological polar surface area (TPSA) is 111 Å². The van der Waals surface area contributed by atoms with Crippen molar-refractivity contribution in [2.24, 2.45) is 5.73 Å². The fourth-order valence-electron chi connectivity index (χ4n) is 2.66. The molecule has 0 atom stereocenters. The number of nitrogens with zero attached hydrogens (tertiary/aromatic N) is 1. The van der Waals surface area contributed by atoms with Crippen LogP contribution in [0.3, 0.4) is 0 Å². The Bertz CT molecular complexity index is 1020. The largest absolute Gasteiger partial charge is 0.416 e. The maximum absolute atomic E-state index is 13.2. The number of likely N-dealkylation sites (N-methyl/N-ethyl adjacent to an activating group) is 1. The van der Waals surface area contributed by atoms with Gasteiger partial charge >= 0.3 is 6.18 Å². The van der Waals surface area contributed by atoms with Crippen LogP contribution < -0.4 is 16.4 Å². The smallest absolute Gasteiger partial charge is 0.370 e. The van der Waals surface area contributed by atoms with Gasteiger partial charge in [0.15, 0.2) is 5.96 Å². The molecule has 0 aliphatic heterocycles. The Kier molecular flexibility index (Phi) is 11.7. The van der Waals surface area contributed by atoms with Gasteiger partial charge in [0, 0.05) is 34.8 Å². The molecule has 0 heterocycles. The number of alkyl halides is 3. The Morgan fingerprint density at radius 2 is 1.64 bits per heavy atom. The normalized spacial score (nSPS) is 10.6. The van der Waals surface area contributed by atoms with Gasteiger partial charge in [-0.2, -0.15) is 13.2 Å². The third-order valence-electron chi connectivity index (χ3n) is 4.15. The van der Waals surface area contributed by atoms with E-state index in [2.05, 4.69) is 10.6 Å². The number of carbonyl (C=O) groups excluding carboxylic acids is 2. The molecule has 0 aliphatic carbocycles. The van der Waals surface area contributed by atoms with Gasteiger partial charge in [0.1, 0.15) is 0 Å². The number of rotatable bonds is 6. The number of guanidine groups is 1. The van der Waals surface area contributed by atoms with E-state index in [1.54, 1.807) is 0 Å². The molecule has 0 saturated heterocycles. The summed E-state index contributed by atoms with van der Waals surface area (Å²) in [6.07, 6.45) is -4.60. The number of hydrogen-bond donors (Lipinski definition) is 4. The van der Waals surface area contributed by atoms with Gasteiger partial charge in [-0.3, -0.25) is 20.3 Å². The van der Waals surface area contributed by atoms with Crippen molar-refractivity contribution in [1.29, 1.82) is 5.41 Å². The van der Waals surface area contributed by atoms with Crippen molar-refractivity contribution in [3.63, 3.8) is 0 Å². The third kappa shape index (κ3) is 8.73. The lowest BCUT2D eigenvalue weighted by atomic mass is 9.97. The van der Waals surface area contributed by atoms with Crippen LogP contribution in [0, 0.1) is 5.41 Å². The van der Waals surface area contributed by atoms with Gasteiger partial charge < -0.3 is 16.0 Å². The highest BCUT2D eigenvalue weighted by Gasteiger charge is 2.31. The number of benzene rings is 2. The van der Waals surface area contributed by atoms with E-state index in [9.17, 15) is 22.8 Å². The lowest BCUT2D eigenvalue weighted by Crippen LogP contribution is -2.36. The molecule has 0 saturated carbocycles. The van der Waals surface area contributed by atoms with Crippen LogP contribution in [0.2, 0.25) is 5.02 Å². The predicted octanol–water partition coefficient (Wildman–Crippen LogP) is 3.78. The Balaban J connectivity index is 0.00000512. The fraction of sp³-hybridized carbons (Fsp3) is 0.250. The quantitative estimate of drug-likeness (QED) is 0.338. The fourth-order valence-corrected chi connectivity index (χ4v) is 2.88. The van der Waals surface area contributed by atoms with Gasteiger partial charge in [-0.05, 0) is 56.1 Å². The van der Waals surface area contributed by atoms with Crippen LogP contribution in [0.15, 0.2) is 36.4 Å². The van der Waals surface area contributed by atoms with E-state index in [1.807, 2.05) is 19.0 Å². The van der Waals surface area contributed by atoms with E-state index < -0.39 is 29.5 Å². The molecule has 0 radical (unpaired) electrons. The number of halogens is 6. The number of carbonyl (C=O) groups is 2. The highest BCUT2D eigenvalue weighted by molar-refractivity contribution is 6.33. The lowest BCUT2D eigenvalue weighted by molar-refractivity contribution is -0.137. The molecule has 0 aliphatic rings. The zero-order chi connectivity index (χ0) is 23.3. The second-order valence-corrected chi connectivity index (χ2v) is 7.33. The summed E-state index contributed by atoms with van der Waals surface area (Å²) in [6.45, 7) is 0.873. The summed E-state index contributed by atoms with van der Waals surface area (Å²) >= 11 is 6.12. The zero-order valence-electron chi connectivity index (χ0n) is 17.5. The molecule has 5 N–H and O–H groups in total. The Morgan fingerprint density at radius 1 is 1.06 bits per heavy atom. The zero-order valence-corrected chi connectivity index (χ0v) is 19.9. The second-order valence-electron chi connectivity index (χ2n) is 6.92. The van der Waals surface area contributed by atoms with E-state index in [0.29, 0.717) is 13.1 Å². The molecule has 2 rings (SSSR count). The summed E-state index contributed by atoms with van der Waals surface area (Å²) in [5.74, 6) is -1.94. The maximum atomic E-state index is 13.2. The minimum atomic E-state index is -4.60. The molecule has 2 amide bonds. The average molecular weight is 529 g/mol. The van der Waals surface area contributed by atoms with E-state index in [-0.39, 0.29) is 52.1 Å². The van der Waals surface area contributed by atoms with Crippen molar-refractivity contribution in [1.82, 2.24) is 15.5 Å². The van der Waals surface area contributed by atoms with Crippen LogP contribution >= 0.6 is 36.4 Å². The first-order valence-corrected chi connectivity index (χ1v) is 9.37. The first-order chi connectivity index (χ1) is 14.4. The molecular formula is C20H23Cl3F3N5O2. The predicted molar refractivity (Wildman–Crippen MR) is 127 cm³/mol. The van der Waals surface area contributed by atoms with E-state index in [1.165, 1.54) is 18.2 Å². The number of nitrogens with one attached hydrogen (secondary N) is 3. The molecule has 2 aromatic carbocycles. The van der Waals surface area contributed by atoms with Crippen LogP contribution in [-0.2, 0) is 6.18 Å². The standard InChI is InChI=1S/C20H21ClF3N5O2.2ClH/c1-29(2)6-5-27-17(30)12-7-11(8-13(9-12)18(31)28-19(25)26)15-10-14(20(22,23)24)3-4-16(15)21;;/h3-4,7-10H,5-6H2,1-2H3,(H,27,30)(H4,25,26,28,31);2*1H. The second kappa shape index (κ2) is 12.6. The van der Waals surface area contributed by atoms with Crippen molar-refractivity contribution >= 4 is 54.2 Å². The summed E-state index contributed by atoms with van der Waals surface area (Å²) in [6, 6.07) is 6.66. The van der Waals surface area contributed by atoms with E-state index in [4.69, 9.17) is 22.7 Å². The molecular weight excluding hydrogens is 506 g/mol. The van der Waals surface area contributed by atoms with Crippen LogP contribution in [0.4, 0.5) is 13.2 Å². The summed E-state index contributed by atoms with van der Waals surface area (Å²) in [5.41, 5.74) is 4.35.